The Morgan fingerprint density at radius 1 is 1.03 bits per heavy atom. The molecule has 0 fully saturated rings. The van der Waals surface area contributed by atoms with Crippen molar-refractivity contribution in [3.8, 4) is 5.69 Å². The van der Waals surface area contributed by atoms with Crippen LogP contribution in [0, 0.1) is 6.92 Å². The van der Waals surface area contributed by atoms with Gasteiger partial charge in [0.2, 0.25) is 5.91 Å². The molecule has 8 nitrogen and oxygen atoms in total. The number of thioether (sulfide) groups is 1. The lowest BCUT2D eigenvalue weighted by Gasteiger charge is -2.07. The van der Waals surface area contributed by atoms with Crippen LogP contribution in [0.15, 0.2) is 81.9 Å². The third-order valence-corrected chi connectivity index (χ3v) is 8.29. The summed E-state index contributed by atoms with van der Waals surface area (Å²) in [5.74, 6) is -0.436. The molecule has 0 aliphatic rings. The Balaban J connectivity index is 1.24. The first kappa shape index (κ1) is 25.8. The predicted molar refractivity (Wildman–Crippen MR) is 154 cm³/mol. The third kappa shape index (κ3) is 5.38. The summed E-state index contributed by atoms with van der Waals surface area (Å²) in [6.45, 7) is 1.79. The Morgan fingerprint density at radius 3 is 2.50 bits per heavy atom. The van der Waals surface area contributed by atoms with Gasteiger partial charge in [-0.25, -0.2) is 9.67 Å². The number of anilines is 2. The number of hydrogen-bond acceptors (Lipinski definition) is 6. The molecule has 0 aliphatic carbocycles. The molecule has 0 aliphatic heterocycles. The van der Waals surface area contributed by atoms with Crippen LogP contribution in [-0.4, -0.2) is 31.9 Å². The highest BCUT2D eigenvalue weighted by Crippen LogP contribution is 2.31. The number of aromatic nitrogens is 3. The fraction of sp³-hybridized carbons (Fsp3) is 0.111. The molecule has 38 heavy (non-hydrogen) atoms. The number of thiazole rings is 1. The smallest absolute Gasteiger partial charge is 0.295 e. The molecule has 0 radical (unpaired) electrons. The summed E-state index contributed by atoms with van der Waals surface area (Å²) < 4.78 is 4.83. The van der Waals surface area contributed by atoms with Crippen molar-refractivity contribution in [1.82, 2.24) is 14.3 Å². The maximum Gasteiger partial charge on any atom is 0.295 e. The first-order chi connectivity index (χ1) is 18.3. The molecule has 2 amide bonds. The second-order valence-corrected chi connectivity index (χ2v) is 11.1. The minimum Gasteiger partial charge on any atom is -0.322 e. The maximum atomic E-state index is 13.0. The average Bonchev–Trinajstić information content (AvgIpc) is 3.41. The van der Waals surface area contributed by atoms with Gasteiger partial charge in [-0.3, -0.25) is 19.1 Å². The highest BCUT2D eigenvalue weighted by molar-refractivity contribution is 8.01. The fourth-order valence-corrected chi connectivity index (χ4v) is 5.90. The summed E-state index contributed by atoms with van der Waals surface area (Å²) in [4.78, 5) is 42.8. The quantitative estimate of drug-likeness (QED) is 0.246. The number of nitrogens with zero attached hydrogens (tertiary/aromatic N) is 3. The standard InChI is InChI=1S/C27H22ClN5O3S2/c1-16-24(26(36)33(32(16)2)20-6-4-3-5-7-20)31-23(34)15-37-27-30-21-13-12-19(14-22(21)38-27)29-25(35)17-8-10-18(28)11-9-17/h3-14H,15H2,1-2H3,(H,29,35)(H,31,34). The summed E-state index contributed by atoms with van der Waals surface area (Å²) in [6, 6.07) is 21.4. The van der Waals surface area contributed by atoms with Crippen LogP contribution in [0.2, 0.25) is 5.02 Å². The van der Waals surface area contributed by atoms with E-state index in [1.54, 1.807) is 49.0 Å². The van der Waals surface area contributed by atoms with Gasteiger partial charge in [-0.05, 0) is 61.5 Å². The van der Waals surface area contributed by atoms with E-state index in [0.29, 0.717) is 26.3 Å². The summed E-state index contributed by atoms with van der Waals surface area (Å²) in [6.07, 6.45) is 0. The van der Waals surface area contributed by atoms with Gasteiger partial charge < -0.3 is 10.6 Å². The van der Waals surface area contributed by atoms with Crippen LogP contribution in [0.1, 0.15) is 16.1 Å². The van der Waals surface area contributed by atoms with E-state index in [4.69, 9.17) is 11.6 Å². The molecule has 5 aromatic rings. The van der Waals surface area contributed by atoms with Crippen molar-refractivity contribution in [2.75, 3.05) is 16.4 Å². The van der Waals surface area contributed by atoms with Crippen molar-refractivity contribution in [2.24, 2.45) is 7.05 Å². The molecule has 0 saturated heterocycles. The molecule has 5 rings (SSSR count). The molecule has 0 unspecified atom stereocenters. The largest absolute Gasteiger partial charge is 0.322 e. The Bertz CT molecular complexity index is 1710. The molecule has 0 saturated carbocycles. The topological polar surface area (TPSA) is 98.0 Å². The van der Waals surface area contributed by atoms with Gasteiger partial charge in [0.15, 0.2) is 4.34 Å². The SMILES string of the molecule is Cc1c(NC(=O)CSc2nc3ccc(NC(=O)c4ccc(Cl)cc4)cc3s2)c(=O)n(-c2ccccc2)n1C. The van der Waals surface area contributed by atoms with E-state index in [0.717, 1.165) is 15.9 Å². The van der Waals surface area contributed by atoms with Crippen molar-refractivity contribution in [3.05, 3.63) is 99.4 Å². The zero-order chi connectivity index (χ0) is 26.8. The number of carbonyl (C=O) groups excluding carboxylic acids is 2. The molecular weight excluding hydrogens is 542 g/mol. The zero-order valence-electron chi connectivity index (χ0n) is 20.4. The third-order valence-electron chi connectivity index (χ3n) is 5.88. The van der Waals surface area contributed by atoms with Gasteiger partial charge in [0.25, 0.3) is 11.5 Å². The van der Waals surface area contributed by atoms with Crippen LogP contribution < -0.4 is 16.2 Å². The molecule has 2 N–H and O–H groups in total. The molecule has 3 aromatic carbocycles. The lowest BCUT2D eigenvalue weighted by atomic mass is 10.2. The van der Waals surface area contributed by atoms with Crippen LogP contribution >= 0.6 is 34.7 Å². The lowest BCUT2D eigenvalue weighted by Crippen LogP contribution is -2.23. The predicted octanol–water partition coefficient (Wildman–Crippen LogP) is 5.73. The molecule has 0 bridgehead atoms. The normalized spacial score (nSPS) is 11.0. The minimum atomic E-state index is -0.295. The molecule has 0 atom stereocenters. The van der Waals surface area contributed by atoms with Crippen LogP contribution in [0.4, 0.5) is 11.4 Å². The van der Waals surface area contributed by atoms with E-state index >= 15 is 0 Å². The molecule has 11 heteroatoms. The molecule has 0 spiro atoms. The number of fused-ring (bicyclic) bond motifs is 1. The number of rotatable bonds is 7. The number of halogens is 1. The number of para-hydroxylation sites is 1. The minimum absolute atomic E-state index is 0.0963. The maximum absolute atomic E-state index is 13.0. The van der Waals surface area contributed by atoms with Crippen molar-refractivity contribution >= 4 is 68.1 Å². The van der Waals surface area contributed by atoms with E-state index in [1.165, 1.54) is 27.8 Å². The van der Waals surface area contributed by atoms with E-state index in [2.05, 4.69) is 15.6 Å². The average molecular weight is 564 g/mol. The van der Waals surface area contributed by atoms with Crippen LogP contribution in [0.3, 0.4) is 0 Å². The Kier molecular flexibility index (Phi) is 7.37. The first-order valence-corrected chi connectivity index (χ1v) is 13.7. The Hall–Kier alpha value is -3.86. The number of hydrogen-bond donors (Lipinski definition) is 2. The van der Waals surface area contributed by atoms with Crippen LogP contribution in [0.25, 0.3) is 15.9 Å². The number of carbonyl (C=O) groups is 2. The molecule has 2 aromatic heterocycles. The summed E-state index contributed by atoms with van der Waals surface area (Å²) in [5.41, 5.74) is 3.26. The van der Waals surface area contributed by atoms with Gasteiger partial charge >= 0.3 is 0 Å². The second kappa shape index (κ2) is 10.9. The number of benzene rings is 3. The summed E-state index contributed by atoms with van der Waals surface area (Å²) in [7, 11) is 1.78. The van der Waals surface area contributed by atoms with Crippen molar-refractivity contribution in [1.29, 1.82) is 0 Å². The Labute approximate surface area is 231 Å². The Morgan fingerprint density at radius 2 is 1.76 bits per heavy atom. The lowest BCUT2D eigenvalue weighted by molar-refractivity contribution is -0.113. The highest BCUT2D eigenvalue weighted by Gasteiger charge is 2.18. The van der Waals surface area contributed by atoms with E-state index in [1.807, 2.05) is 42.5 Å². The molecule has 2 heterocycles. The second-order valence-electron chi connectivity index (χ2n) is 8.40. The summed E-state index contributed by atoms with van der Waals surface area (Å²) >= 11 is 8.61. The number of amides is 2. The van der Waals surface area contributed by atoms with Gasteiger partial charge in [0.05, 0.1) is 27.4 Å². The highest BCUT2D eigenvalue weighted by atomic mass is 35.5. The van der Waals surface area contributed by atoms with Gasteiger partial charge in [-0.1, -0.05) is 41.6 Å². The molecular formula is C27H22ClN5O3S2. The summed E-state index contributed by atoms with van der Waals surface area (Å²) in [5, 5.41) is 6.21. The van der Waals surface area contributed by atoms with Crippen molar-refractivity contribution in [2.45, 2.75) is 11.3 Å². The van der Waals surface area contributed by atoms with E-state index in [-0.39, 0.29) is 28.8 Å². The van der Waals surface area contributed by atoms with Crippen molar-refractivity contribution in [3.63, 3.8) is 0 Å². The first-order valence-electron chi connectivity index (χ1n) is 11.5. The molecule has 192 valence electrons. The van der Waals surface area contributed by atoms with Gasteiger partial charge in [-0.2, -0.15) is 0 Å². The van der Waals surface area contributed by atoms with E-state index < -0.39 is 0 Å². The monoisotopic (exact) mass is 563 g/mol. The van der Waals surface area contributed by atoms with Crippen molar-refractivity contribution < 1.29 is 9.59 Å². The zero-order valence-corrected chi connectivity index (χ0v) is 22.8. The van der Waals surface area contributed by atoms with Gasteiger partial charge in [-0.15, -0.1) is 11.3 Å². The fourth-order valence-electron chi connectivity index (χ4n) is 3.86. The number of nitrogens with one attached hydrogen (secondary N) is 2. The van der Waals surface area contributed by atoms with Gasteiger partial charge in [0.1, 0.15) is 5.69 Å². The van der Waals surface area contributed by atoms with Crippen LogP contribution in [0.5, 0.6) is 0 Å². The van der Waals surface area contributed by atoms with E-state index in [9.17, 15) is 14.4 Å². The van der Waals surface area contributed by atoms with Crippen LogP contribution in [-0.2, 0) is 11.8 Å². The van der Waals surface area contributed by atoms with Gasteiger partial charge in [0, 0.05) is 23.3 Å².